The van der Waals surface area contributed by atoms with Crippen LogP contribution >= 0.6 is 0 Å². The van der Waals surface area contributed by atoms with Gasteiger partial charge in [-0.1, -0.05) is 42.5 Å². The molecule has 1 amide bonds. The average molecular weight is 310 g/mol. The Morgan fingerprint density at radius 2 is 1.87 bits per heavy atom. The van der Waals surface area contributed by atoms with Gasteiger partial charge in [-0.15, -0.1) is 0 Å². The molecule has 118 valence electrons. The van der Waals surface area contributed by atoms with Crippen LogP contribution < -0.4 is 10.1 Å². The van der Waals surface area contributed by atoms with Gasteiger partial charge in [-0.2, -0.15) is 5.26 Å². The summed E-state index contributed by atoms with van der Waals surface area (Å²) in [5, 5.41) is 21.6. The number of aliphatic hydroxyl groups excluding tert-OH is 1. The second-order valence-electron chi connectivity index (χ2n) is 5.06. The van der Waals surface area contributed by atoms with E-state index in [4.69, 9.17) is 10.00 Å². The summed E-state index contributed by atoms with van der Waals surface area (Å²) in [5.74, 6) is 0.0890. The molecule has 5 nitrogen and oxygen atoms in total. The van der Waals surface area contributed by atoms with Crippen LogP contribution in [-0.2, 0) is 4.79 Å². The second-order valence-corrected chi connectivity index (χ2v) is 5.06. The highest BCUT2D eigenvalue weighted by Gasteiger charge is 2.15. The summed E-state index contributed by atoms with van der Waals surface area (Å²) in [6, 6.07) is 17.9. The van der Waals surface area contributed by atoms with Crippen LogP contribution in [0.5, 0.6) is 5.75 Å². The van der Waals surface area contributed by atoms with E-state index in [1.54, 1.807) is 43.3 Å². The number of amides is 1. The third kappa shape index (κ3) is 4.83. The Kier molecular flexibility index (Phi) is 5.73. The third-order valence-corrected chi connectivity index (χ3v) is 3.21. The first kappa shape index (κ1) is 16.5. The fourth-order valence-corrected chi connectivity index (χ4v) is 2.06. The minimum Gasteiger partial charge on any atom is -0.474 e. The zero-order chi connectivity index (χ0) is 16.7. The molecule has 2 atom stereocenters. The van der Waals surface area contributed by atoms with Crippen molar-refractivity contribution >= 4 is 11.6 Å². The lowest BCUT2D eigenvalue weighted by atomic mass is 10.1. The van der Waals surface area contributed by atoms with Crippen LogP contribution in [0.1, 0.15) is 25.0 Å². The molecule has 0 bridgehead atoms. The topological polar surface area (TPSA) is 82.3 Å². The lowest BCUT2D eigenvalue weighted by Crippen LogP contribution is -2.17. The monoisotopic (exact) mass is 310 g/mol. The Morgan fingerprint density at radius 1 is 1.22 bits per heavy atom. The van der Waals surface area contributed by atoms with Crippen LogP contribution in [0, 0.1) is 11.3 Å². The van der Waals surface area contributed by atoms with Crippen LogP contribution in [0.2, 0.25) is 0 Å². The number of carbonyl (C=O) groups excluding carboxylic acids is 1. The summed E-state index contributed by atoms with van der Waals surface area (Å²) in [4.78, 5) is 12.1. The summed E-state index contributed by atoms with van der Waals surface area (Å²) < 4.78 is 5.45. The number of nitrogens with one attached hydrogen (secondary N) is 1. The van der Waals surface area contributed by atoms with Crippen molar-refractivity contribution in [2.75, 3.05) is 5.32 Å². The molecule has 2 aromatic rings. The quantitative estimate of drug-likeness (QED) is 0.859. The van der Waals surface area contributed by atoms with Crippen LogP contribution in [0.4, 0.5) is 5.69 Å². The van der Waals surface area contributed by atoms with Gasteiger partial charge in [0.2, 0.25) is 5.91 Å². The van der Waals surface area contributed by atoms with E-state index in [2.05, 4.69) is 5.32 Å². The number of benzene rings is 2. The number of para-hydroxylation sites is 2. The molecule has 2 rings (SSSR count). The Hall–Kier alpha value is -2.84. The highest BCUT2D eigenvalue weighted by atomic mass is 16.5. The minimum absolute atomic E-state index is 0.0633. The molecule has 0 spiro atoms. The van der Waals surface area contributed by atoms with Crippen molar-refractivity contribution in [1.82, 2.24) is 0 Å². The first-order valence-corrected chi connectivity index (χ1v) is 7.28. The van der Waals surface area contributed by atoms with Crippen molar-refractivity contribution in [3.8, 4) is 11.8 Å². The number of anilines is 1. The van der Waals surface area contributed by atoms with Crippen molar-refractivity contribution < 1.29 is 14.6 Å². The molecule has 0 aliphatic rings. The molecule has 0 aromatic heterocycles. The molecule has 0 fully saturated rings. The van der Waals surface area contributed by atoms with Crippen LogP contribution in [0.25, 0.3) is 0 Å². The number of carbonyl (C=O) groups is 1. The van der Waals surface area contributed by atoms with Crippen molar-refractivity contribution in [1.29, 1.82) is 5.26 Å². The molecular formula is C18H18N2O3. The Balaban J connectivity index is 2.02. The van der Waals surface area contributed by atoms with E-state index in [1.807, 2.05) is 24.3 Å². The first-order valence-electron chi connectivity index (χ1n) is 7.28. The molecular weight excluding hydrogens is 292 g/mol. The number of rotatable bonds is 6. The van der Waals surface area contributed by atoms with E-state index >= 15 is 0 Å². The number of nitrogens with zero attached hydrogens (tertiary/aromatic N) is 1. The highest BCUT2D eigenvalue weighted by Crippen LogP contribution is 2.26. The van der Waals surface area contributed by atoms with Gasteiger partial charge in [0.05, 0.1) is 18.2 Å². The number of aliphatic hydroxyl groups is 1. The summed E-state index contributed by atoms with van der Waals surface area (Å²) in [6.45, 7) is 1.62. The van der Waals surface area contributed by atoms with Crippen molar-refractivity contribution in [2.45, 2.75) is 25.6 Å². The second kappa shape index (κ2) is 7.97. The van der Waals surface area contributed by atoms with E-state index in [0.29, 0.717) is 17.0 Å². The molecule has 0 radical (unpaired) electrons. The maximum atomic E-state index is 12.1. The zero-order valence-corrected chi connectivity index (χ0v) is 12.8. The first-order chi connectivity index (χ1) is 11.1. The molecule has 0 aliphatic carbocycles. The number of hydrogen-bond acceptors (Lipinski definition) is 4. The number of nitriles is 1. The largest absolute Gasteiger partial charge is 0.474 e. The van der Waals surface area contributed by atoms with Crippen LogP contribution in [-0.4, -0.2) is 17.1 Å². The Bertz CT molecular complexity index is 695. The van der Waals surface area contributed by atoms with E-state index in [0.717, 1.165) is 0 Å². The van der Waals surface area contributed by atoms with Gasteiger partial charge in [0.25, 0.3) is 0 Å². The lowest BCUT2D eigenvalue weighted by Gasteiger charge is -2.15. The van der Waals surface area contributed by atoms with Crippen molar-refractivity contribution in [3.63, 3.8) is 0 Å². The van der Waals surface area contributed by atoms with Crippen molar-refractivity contribution in [3.05, 3.63) is 60.2 Å². The van der Waals surface area contributed by atoms with E-state index < -0.39 is 12.2 Å². The van der Waals surface area contributed by atoms with E-state index in [9.17, 15) is 9.90 Å². The fraction of sp³-hybridized carbons (Fsp3) is 0.222. The molecule has 2 N–H and O–H groups in total. The summed E-state index contributed by atoms with van der Waals surface area (Å²) in [5.41, 5.74) is 1.16. The number of ether oxygens (including phenoxy) is 1. The van der Waals surface area contributed by atoms with Crippen LogP contribution in [0.15, 0.2) is 54.6 Å². The maximum absolute atomic E-state index is 12.1. The van der Waals surface area contributed by atoms with E-state index in [-0.39, 0.29) is 12.3 Å². The number of hydrogen-bond donors (Lipinski definition) is 2. The zero-order valence-electron chi connectivity index (χ0n) is 12.8. The third-order valence-electron chi connectivity index (χ3n) is 3.21. The molecule has 2 unspecified atom stereocenters. The fourth-order valence-electron chi connectivity index (χ4n) is 2.06. The molecule has 0 heterocycles. The normalized spacial score (nSPS) is 12.7. The van der Waals surface area contributed by atoms with Gasteiger partial charge in [-0.25, -0.2) is 0 Å². The molecule has 5 heteroatoms. The van der Waals surface area contributed by atoms with Gasteiger partial charge in [0.1, 0.15) is 11.8 Å². The molecule has 0 saturated carbocycles. The van der Waals surface area contributed by atoms with E-state index in [1.165, 1.54) is 0 Å². The van der Waals surface area contributed by atoms with Gasteiger partial charge in [-0.3, -0.25) is 4.79 Å². The minimum atomic E-state index is -0.873. The Morgan fingerprint density at radius 3 is 2.57 bits per heavy atom. The highest BCUT2D eigenvalue weighted by molar-refractivity contribution is 5.92. The van der Waals surface area contributed by atoms with Gasteiger partial charge >= 0.3 is 0 Å². The van der Waals surface area contributed by atoms with Gasteiger partial charge in [0.15, 0.2) is 6.10 Å². The molecule has 0 aliphatic heterocycles. The summed E-state index contributed by atoms with van der Waals surface area (Å²) in [7, 11) is 0. The smallest absolute Gasteiger partial charge is 0.227 e. The molecule has 0 saturated heterocycles. The summed E-state index contributed by atoms with van der Waals surface area (Å²) in [6.07, 6.45) is -1.56. The Labute approximate surface area is 135 Å². The standard InChI is InChI=1S/C18H18N2O3/c1-13(12-19)23-17-10-6-5-9-15(17)20-18(22)11-16(21)14-7-3-2-4-8-14/h2-10,13,16,21H,11H2,1H3,(H,20,22). The SMILES string of the molecule is CC(C#N)Oc1ccccc1NC(=O)CC(O)c1ccccc1. The van der Waals surface area contributed by atoms with Gasteiger partial charge < -0.3 is 15.2 Å². The van der Waals surface area contributed by atoms with Crippen molar-refractivity contribution in [2.24, 2.45) is 0 Å². The average Bonchev–Trinajstić information content (AvgIpc) is 2.57. The predicted molar refractivity (Wildman–Crippen MR) is 86.8 cm³/mol. The predicted octanol–water partition coefficient (Wildman–Crippen LogP) is 3.04. The summed E-state index contributed by atoms with van der Waals surface area (Å²) >= 11 is 0. The van der Waals surface area contributed by atoms with Gasteiger partial charge in [-0.05, 0) is 24.6 Å². The van der Waals surface area contributed by atoms with Crippen LogP contribution in [0.3, 0.4) is 0 Å². The van der Waals surface area contributed by atoms with Gasteiger partial charge in [0, 0.05) is 0 Å². The molecule has 23 heavy (non-hydrogen) atoms. The molecule has 2 aromatic carbocycles. The lowest BCUT2D eigenvalue weighted by molar-refractivity contribution is -0.118. The maximum Gasteiger partial charge on any atom is 0.227 e.